The van der Waals surface area contributed by atoms with Crippen LogP contribution in [0.25, 0.3) is 0 Å². The Bertz CT molecular complexity index is 661. The fourth-order valence-electron chi connectivity index (χ4n) is 3.13. The van der Waals surface area contributed by atoms with E-state index < -0.39 is 0 Å². The summed E-state index contributed by atoms with van der Waals surface area (Å²) in [5.41, 5.74) is 3.25. The topological polar surface area (TPSA) is 56.3 Å². The van der Waals surface area contributed by atoms with E-state index in [2.05, 4.69) is 21.0 Å². The Balaban J connectivity index is 1.61. The molecule has 0 spiro atoms. The van der Waals surface area contributed by atoms with Crippen molar-refractivity contribution < 1.29 is 4.52 Å². The normalized spacial score (nSPS) is 17.8. The molecule has 5 heteroatoms. The van der Waals surface area contributed by atoms with E-state index in [1.807, 2.05) is 44.2 Å². The van der Waals surface area contributed by atoms with Crippen LogP contribution in [0.2, 0.25) is 0 Å². The molecular formula is C18H22N4O. The summed E-state index contributed by atoms with van der Waals surface area (Å²) in [7, 11) is 0. The Hall–Kier alpha value is -2.16. The van der Waals surface area contributed by atoms with Crippen LogP contribution in [0.4, 0.5) is 0 Å². The summed E-state index contributed by atoms with van der Waals surface area (Å²) in [5.74, 6) is 0.907. The number of nitriles is 1. The van der Waals surface area contributed by atoms with Crippen LogP contribution in [0.15, 0.2) is 34.9 Å². The van der Waals surface area contributed by atoms with Gasteiger partial charge in [-0.2, -0.15) is 5.26 Å². The standard InChI is InChI=1S/C18H22N4O/c1-14-17(15(2)23-20-14)13-21-8-10-22(11-9-21)18(12-19)16-6-4-3-5-7-16/h3-7,18H,8-11,13H2,1-2H3. The lowest BCUT2D eigenvalue weighted by Crippen LogP contribution is -2.47. The second kappa shape index (κ2) is 6.95. The van der Waals surface area contributed by atoms with Crippen LogP contribution in [0.1, 0.15) is 28.6 Å². The van der Waals surface area contributed by atoms with Crippen molar-refractivity contribution in [1.82, 2.24) is 15.0 Å². The molecule has 1 aromatic carbocycles. The molecule has 1 unspecified atom stereocenters. The quantitative estimate of drug-likeness (QED) is 0.869. The summed E-state index contributed by atoms with van der Waals surface area (Å²) in [6.45, 7) is 8.53. The van der Waals surface area contributed by atoms with Crippen molar-refractivity contribution in [2.45, 2.75) is 26.4 Å². The maximum atomic E-state index is 9.55. The highest BCUT2D eigenvalue weighted by molar-refractivity contribution is 5.24. The van der Waals surface area contributed by atoms with E-state index in [1.165, 1.54) is 5.56 Å². The fourth-order valence-corrected chi connectivity index (χ4v) is 3.13. The smallest absolute Gasteiger partial charge is 0.138 e. The van der Waals surface area contributed by atoms with Crippen molar-refractivity contribution in [2.24, 2.45) is 0 Å². The molecule has 0 saturated carbocycles. The predicted octanol–water partition coefficient (Wildman–Crippen LogP) is 2.67. The third-order valence-corrected chi connectivity index (χ3v) is 4.57. The predicted molar refractivity (Wildman–Crippen MR) is 87.6 cm³/mol. The summed E-state index contributed by atoms with van der Waals surface area (Å²) < 4.78 is 5.24. The molecule has 0 aliphatic carbocycles. The Kier molecular flexibility index (Phi) is 4.75. The van der Waals surface area contributed by atoms with Gasteiger partial charge < -0.3 is 4.52 Å². The van der Waals surface area contributed by atoms with Crippen LogP contribution in [0.3, 0.4) is 0 Å². The van der Waals surface area contributed by atoms with E-state index in [0.717, 1.165) is 49.7 Å². The first-order valence-electron chi connectivity index (χ1n) is 8.01. The monoisotopic (exact) mass is 310 g/mol. The molecule has 0 amide bonds. The van der Waals surface area contributed by atoms with Crippen LogP contribution in [0, 0.1) is 25.2 Å². The highest BCUT2D eigenvalue weighted by Gasteiger charge is 2.25. The molecule has 1 fully saturated rings. The van der Waals surface area contributed by atoms with Crippen LogP contribution in [-0.4, -0.2) is 41.1 Å². The zero-order valence-corrected chi connectivity index (χ0v) is 13.7. The van der Waals surface area contributed by atoms with Crippen molar-refractivity contribution in [3.05, 3.63) is 52.9 Å². The number of rotatable bonds is 4. The molecule has 5 nitrogen and oxygen atoms in total. The lowest BCUT2D eigenvalue weighted by atomic mass is 10.1. The highest BCUT2D eigenvalue weighted by atomic mass is 16.5. The maximum Gasteiger partial charge on any atom is 0.138 e. The van der Waals surface area contributed by atoms with E-state index in [4.69, 9.17) is 4.52 Å². The van der Waals surface area contributed by atoms with Gasteiger partial charge in [-0.25, -0.2) is 0 Å². The Labute approximate surface area is 137 Å². The van der Waals surface area contributed by atoms with Gasteiger partial charge in [0.15, 0.2) is 0 Å². The lowest BCUT2D eigenvalue weighted by Gasteiger charge is -2.37. The van der Waals surface area contributed by atoms with E-state index in [1.54, 1.807) is 0 Å². The summed E-state index contributed by atoms with van der Waals surface area (Å²) in [4.78, 5) is 4.67. The minimum atomic E-state index is -0.155. The molecule has 23 heavy (non-hydrogen) atoms. The van der Waals surface area contributed by atoms with E-state index in [9.17, 15) is 5.26 Å². The second-order valence-electron chi connectivity index (χ2n) is 6.06. The Morgan fingerprint density at radius 3 is 2.43 bits per heavy atom. The molecule has 1 atom stereocenters. The van der Waals surface area contributed by atoms with Crippen LogP contribution in [0.5, 0.6) is 0 Å². The van der Waals surface area contributed by atoms with Gasteiger partial charge in [0.1, 0.15) is 11.8 Å². The van der Waals surface area contributed by atoms with Crippen molar-refractivity contribution >= 4 is 0 Å². The van der Waals surface area contributed by atoms with Crippen molar-refractivity contribution in [1.29, 1.82) is 5.26 Å². The summed E-state index contributed by atoms with van der Waals surface area (Å²) >= 11 is 0. The van der Waals surface area contributed by atoms with Gasteiger partial charge in [-0.1, -0.05) is 35.5 Å². The lowest BCUT2D eigenvalue weighted by molar-refractivity contribution is 0.109. The van der Waals surface area contributed by atoms with Crippen LogP contribution < -0.4 is 0 Å². The highest BCUT2D eigenvalue weighted by Crippen LogP contribution is 2.22. The molecule has 2 heterocycles. The van der Waals surface area contributed by atoms with E-state index in [-0.39, 0.29) is 6.04 Å². The summed E-state index contributed by atoms with van der Waals surface area (Å²) in [6, 6.07) is 12.3. The molecule has 0 N–H and O–H groups in total. The molecule has 1 aliphatic rings. The molecule has 0 radical (unpaired) electrons. The Morgan fingerprint density at radius 2 is 1.87 bits per heavy atom. The molecular weight excluding hydrogens is 288 g/mol. The zero-order chi connectivity index (χ0) is 16.2. The van der Waals surface area contributed by atoms with Gasteiger partial charge in [0.2, 0.25) is 0 Å². The molecule has 2 aromatic rings. The molecule has 120 valence electrons. The van der Waals surface area contributed by atoms with Gasteiger partial charge in [-0.15, -0.1) is 0 Å². The second-order valence-corrected chi connectivity index (χ2v) is 6.06. The first-order valence-corrected chi connectivity index (χ1v) is 8.01. The minimum absolute atomic E-state index is 0.155. The van der Waals surface area contributed by atoms with Gasteiger partial charge >= 0.3 is 0 Å². The van der Waals surface area contributed by atoms with Crippen molar-refractivity contribution in [2.75, 3.05) is 26.2 Å². The first kappa shape index (κ1) is 15.7. The molecule has 1 saturated heterocycles. The summed E-state index contributed by atoms with van der Waals surface area (Å²) in [6.07, 6.45) is 0. The van der Waals surface area contributed by atoms with Gasteiger partial charge in [0.05, 0.1) is 11.8 Å². The minimum Gasteiger partial charge on any atom is -0.361 e. The number of benzene rings is 1. The Morgan fingerprint density at radius 1 is 1.17 bits per heavy atom. The maximum absolute atomic E-state index is 9.55. The number of piperazine rings is 1. The number of hydrogen-bond donors (Lipinski definition) is 0. The van der Waals surface area contributed by atoms with E-state index >= 15 is 0 Å². The van der Waals surface area contributed by atoms with Gasteiger partial charge in [-0.3, -0.25) is 9.80 Å². The number of aryl methyl sites for hydroxylation is 2. The largest absolute Gasteiger partial charge is 0.361 e. The number of aromatic nitrogens is 1. The van der Waals surface area contributed by atoms with Crippen molar-refractivity contribution in [3.8, 4) is 6.07 Å². The molecule has 1 aliphatic heterocycles. The number of nitrogens with zero attached hydrogens (tertiary/aromatic N) is 4. The average molecular weight is 310 g/mol. The van der Waals surface area contributed by atoms with Crippen LogP contribution in [-0.2, 0) is 6.54 Å². The first-order chi connectivity index (χ1) is 11.2. The van der Waals surface area contributed by atoms with E-state index in [0.29, 0.717) is 0 Å². The van der Waals surface area contributed by atoms with Gasteiger partial charge in [-0.05, 0) is 19.4 Å². The third kappa shape index (κ3) is 3.44. The van der Waals surface area contributed by atoms with Crippen molar-refractivity contribution in [3.63, 3.8) is 0 Å². The zero-order valence-electron chi connectivity index (χ0n) is 13.7. The van der Waals surface area contributed by atoms with Gasteiger partial charge in [0, 0.05) is 38.3 Å². The molecule has 1 aromatic heterocycles. The molecule has 3 rings (SSSR count). The third-order valence-electron chi connectivity index (χ3n) is 4.57. The van der Waals surface area contributed by atoms with Crippen LogP contribution >= 0.6 is 0 Å². The number of hydrogen-bond acceptors (Lipinski definition) is 5. The molecule has 0 bridgehead atoms. The average Bonchev–Trinajstić information content (AvgIpc) is 2.90. The fraction of sp³-hybridized carbons (Fsp3) is 0.444. The van der Waals surface area contributed by atoms with Gasteiger partial charge in [0.25, 0.3) is 0 Å². The summed E-state index contributed by atoms with van der Waals surface area (Å²) in [5, 5.41) is 13.6. The SMILES string of the molecule is Cc1noc(C)c1CN1CCN(C(C#N)c2ccccc2)CC1.